The van der Waals surface area contributed by atoms with Crippen LogP contribution in [0.4, 0.5) is 5.69 Å². The quantitative estimate of drug-likeness (QED) is 0.341. The minimum atomic E-state index is -0.0218. The van der Waals surface area contributed by atoms with Gasteiger partial charge in [-0.05, 0) is 36.6 Å². The molecule has 0 spiro atoms. The number of hydrogen-bond acceptors (Lipinski definition) is 4. The highest BCUT2D eigenvalue weighted by atomic mass is 32.2. The lowest BCUT2D eigenvalue weighted by atomic mass is 10.1. The number of carbonyl (C=O) groups is 1. The second kappa shape index (κ2) is 9.28. The average Bonchev–Trinajstić information content (AvgIpc) is 3.20. The smallest absolute Gasteiger partial charge is 0.234 e. The number of aromatic nitrogens is 1. The van der Waals surface area contributed by atoms with Gasteiger partial charge in [-0.25, -0.2) is 4.98 Å². The highest BCUT2D eigenvalue weighted by Gasteiger charge is 2.16. The Labute approximate surface area is 185 Å². The Morgan fingerprint density at radius 1 is 0.933 bits per heavy atom. The van der Waals surface area contributed by atoms with Gasteiger partial charge in [-0.3, -0.25) is 4.79 Å². The Bertz CT molecular complexity index is 1100. The third kappa shape index (κ3) is 4.81. The van der Waals surface area contributed by atoms with E-state index < -0.39 is 0 Å². The van der Waals surface area contributed by atoms with Crippen molar-refractivity contribution in [2.24, 2.45) is 0 Å². The van der Waals surface area contributed by atoms with Gasteiger partial charge in [-0.15, -0.1) is 11.3 Å². The van der Waals surface area contributed by atoms with E-state index >= 15 is 0 Å². The van der Waals surface area contributed by atoms with E-state index in [9.17, 15) is 4.79 Å². The fraction of sp³-hybridized carbons (Fsp3) is 0.120. The normalized spacial score (nSPS) is 10.7. The molecule has 1 heterocycles. The maximum Gasteiger partial charge on any atom is 0.234 e. The van der Waals surface area contributed by atoms with Crippen molar-refractivity contribution >= 4 is 34.7 Å². The number of benzene rings is 3. The lowest BCUT2D eigenvalue weighted by Crippen LogP contribution is -2.14. The van der Waals surface area contributed by atoms with Gasteiger partial charge in [-0.2, -0.15) is 0 Å². The molecule has 30 heavy (non-hydrogen) atoms. The number of nitrogens with zero attached hydrogens (tertiary/aromatic N) is 1. The Balaban J connectivity index is 1.54. The summed E-state index contributed by atoms with van der Waals surface area (Å²) in [5.41, 5.74) is 6.24. The van der Waals surface area contributed by atoms with E-state index in [2.05, 4.69) is 29.6 Å². The van der Waals surface area contributed by atoms with Crippen molar-refractivity contribution in [3.8, 4) is 21.7 Å². The summed E-state index contributed by atoms with van der Waals surface area (Å²) in [7, 11) is 0. The molecule has 0 aliphatic carbocycles. The van der Waals surface area contributed by atoms with Crippen LogP contribution < -0.4 is 5.32 Å². The molecule has 0 atom stereocenters. The Morgan fingerprint density at radius 3 is 2.30 bits per heavy atom. The second-order valence-electron chi connectivity index (χ2n) is 7.04. The van der Waals surface area contributed by atoms with Crippen LogP contribution in [0.15, 0.2) is 83.2 Å². The Morgan fingerprint density at radius 2 is 1.60 bits per heavy atom. The first-order valence-electron chi connectivity index (χ1n) is 9.72. The van der Waals surface area contributed by atoms with Crippen molar-refractivity contribution in [2.45, 2.75) is 18.2 Å². The molecule has 0 radical (unpaired) electrons. The number of anilines is 1. The fourth-order valence-corrected chi connectivity index (χ4v) is 5.09. The first-order chi connectivity index (χ1) is 14.6. The third-order valence-electron chi connectivity index (χ3n) is 4.68. The number of aryl methyl sites for hydroxylation is 2. The lowest BCUT2D eigenvalue weighted by molar-refractivity contribution is -0.113. The first kappa shape index (κ1) is 20.4. The predicted molar refractivity (Wildman–Crippen MR) is 128 cm³/mol. The molecule has 0 fully saturated rings. The number of amides is 1. The van der Waals surface area contributed by atoms with Gasteiger partial charge in [0, 0.05) is 11.3 Å². The topological polar surface area (TPSA) is 42.0 Å². The van der Waals surface area contributed by atoms with Crippen molar-refractivity contribution < 1.29 is 4.79 Å². The Hall–Kier alpha value is -2.89. The number of thiazole rings is 1. The van der Waals surface area contributed by atoms with Crippen molar-refractivity contribution in [1.29, 1.82) is 0 Å². The molecule has 1 amide bonds. The van der Waals surface area contributed by atoms with Crippen molar-refractivity contribution in [1.82, 2.24) is 4.98 Å². The summed E-state index contributed by atoms with van der Waals surface area (Å²) >= 11 is 3.11. The zero-order valence-corrected chi connectivity index (χ0v) is 18.5. The van der Waals surface area contributed by atoms with Crippen molar-refractivity contribution in [3.63, 3.8) is 0 Å². The summed E-state index contributed by atoms with van der Waals surface area (Å²) in [6.45, 7) is 4.02. The van der Waals surface area contributed by atoms with Gasteiger partial charge in [0.25, 0.3) is 0 Å². The average molecular weight is 431 g/mol. The molecule has 0 aliphatic heterocycles. The molecular formula is C25H22N2OS2. The summed E-state index contributed by atoms with van der Waals surface area (Å²) in [4.78, 5) is 18.5. The number of hydrogen-bond donors (Lipinski definition) is 1. The van der Waals surface area contributed by atoms with Crippen LogP contribution in [-0.4, -0.2) is 16.6 Å². The minimum absolute atomic E-state index is 0.0218. The number of carbonyl (C=O) groups excluding carboxylic acids is 1. The molecule has 0 saturated heterocycles. The standard InChI is InChI=1S/C25H22N2OS2/c1-17-13-14-18(2)21(15-17)26-22(28)16-29-25-27-23(19-9-5-3-6-10-19)24(30-25)20-11-7-4-8-12-20/h3-15H,16H2,1-2H3,(H,26,28). The summed E-state index contributed by atoms with van der Waals surface area (Å²) < 4.78 is 0.892. The minimum Gasteiger partial charge on any atom is -0.325 e. The monoisotopic (exact) mass is 430 g/mol. The van der Waals surface area contributed by atoms with Crippen LogP contribution in [0.2, 0.25) is 0 Å². The van der Waals surface area contributed by atoms with E-state index in [4.69, 9.17) is 4.98 Å². The van der Waals surface area contributed by atoms with Gasteiger partial charge in [0.05, 0.1) is 16.3 Å². The predicted octanol–water partition coefficient (Wildman–Crippen LogP) is 6.82. The van der Waals surface area contributed by atoms with Crippen LogP contribution in [0.1, 0.15) is 11.1 Å². The second-order valence-corrected chi connectivity index (χ2v) is 9.27. The molecular weight excluding hydrogens is 408 g/mol. The zero-order chi connectivity index (χ0) is 20.9. The number of nitrogens with one attached hydrogen (secondary N) is 1. The molecule has 4 rings (SSSR count). The van der Waals surface area contributed by atoms with Gasteiger partial charge in [0.15, 0.2) is 4.34 Å². The highest BCUT2D eigenvalue weighted by molar-refractivity contribution is 8.01. The van der Waals surface area contributed by atoms with Crippen molar-refractivity contribution in [3.05, 3.63) is 90.0 Å². The van der Waals surface area contributed by atoms with Crippen LogP contribution in [0.5, 0.6) is 0 Å². The molecule has 0 unspecified atom stereocenters. The van der Waals surface area contributed by atoms with Crippen LogP contribution in [0.3, 0.4) is 0 Å². The van der Waals surface area contributed by atoms with E-state index in [0.717, 1.165) is 42.9 Å². The number of rotatable bonds is 6. The maximum absolute atomic E-state index is 12.5. The first-order valence-corrected chi connectivity index (χ1v) is 11.5. The molecule has 150 valence electrons. The van der Waals surface area contributed by atoms with Gasteiger partial charge >= 0.3 is 0 Å². The molecule has 5 heteroatoms. The molecule has 0 saturated carbocycles. The van der Waals surface area contributed by atoms with Crippen LogP contribution in [-0.2, 0) is 4.79 Å². The van der Waals surface area contributed by atoms with E-state index in [1.807, 2.05) is 68.4 Å². The van der Waals surface area contributed by atoms with Crippen LogP contribution >= 0.6 is 23.1 Å². The molecule has 3 nitrogen and oxygen atoms in total. The largest absolute Gasteiger partial charge is 0.325 e. The molecule has 0 aliphatic rings. The summed E-state index contributed by atoms with van der Waals surface area (Å²) in [6.07, 6.45) is 0. The van der Waals surface area contributed by atoms with E-state index in [1.165, 1.54) is 11.8 Å². The molecule has 0 bridgehead atoms. The maximum atomic E-state index is 12.5. The van der Waals surface area contributed by atoms with Gasteiger partial charge in [0.1, 0.15) is 0 Å². The van der Waals surface area contributed by atoms with E-state index in [0.29, 0.717) is 5.75 Å². The summed E-state index contributed by atoms with van der Waals surface area (Å²) in [5.74, 6) is 0.301. The SMILES string of the molecule is Cc1ccc(C)c(NC(=O)CSc2nc(-c3ccccc3)c(-c3ccccc3)s2)c1. The van der Waals surface area contributed by atoms with Crippen LogP contribution in [0, 0.1) is 13.8 Å². The molecule has 1 aromatic heterocycles. The van der Waals surface area contributed by atoms with Gasteiger partial charge in [-0.1, -0.05) is 84.6 Å². The highest BCUT2D eigenvalue weighted by Crippen LogP contribution is 2.40. The lowest BCUT2D eigenvalue weighted by Gasteiger charge is -2.08. The van der Waals surface area contributed by atoms with Crippen molar-refractivity contribution in [2.75, 3.05) is 11.1 Å². The number of thioether (sulfide) groups is 1. The zero-order valence-electron chi connectivity index (χ0n) is 16.9. The Kier molecular flexibility index (Phi) is 6.31. The third-order valence-corrected chi connectivity index (χ3v) is 6.93. The molecule has 4 aromatic rings. The van der Waals surface area contributed by atoms with Gasteiger partial charge in [0.2, 0.25) is 5.91 Å². The van der Waals surface area contributed by atoms with Crippen LogP contribution in [0.25, 0.3) is 21.7 Å². The van der Waals surface area contributed by atoms with E-state index in [1.54, 1.807) is 11.3 Å². The molecule has 1 N–H and O–H groups in total. The summed E-state index contributed by atoms with van der Waals surface area (Å²) in [5, 5.41) is 3.02. The van der Waals surface area contributed by atoms with E-state index in [-0.39, 0.29) is 5.91 Å². The molecule has 3 aromatic carbocycles. The van der Waals surface area contributed by atoms with Gasteiger partial charge < -0.3 is 5.32 Å². The fourth-order valence-electron chi connectivity index (χ4n) is 3.12. The summed E-state index contributed by atoms with van der Waals surface area (Å²) in [6, 6.07) is 26.6.